The first-order valence-corrected chi connectivity index (χ1v) is 7.90. The van der Waals surface area contributed by atoms with Gasteiger partial charge >= 0.3 is 0 Å². The van der Waals surface area contributed by atoms with Gasteiger partial charge in [0.1, 0.15) is 5.69 Å². The molecule has 0 saturated carbocycles. The molecule has 5 nitrogen and oxygen atoms in total. The molecule has 3 rings (SSSR count). The fourth-order valence-corrected chi connectivity index (χ4v) is 2.80. The summed E-state index contributed by atoms with van der Waals surface area (Å²) in [5.74, 6) is 0.295. The first-order valence-electron chi connectivity index (χ1n) is 6.96. The van der Waals surface area contributed by atoms with Gasteiger partial charge in [0.15, 0.2) is 0 Å². The van der Waals surface area contributed by atoms with Crippen molar-refractivity contribution >= 4 is 22.9 Å². The number of ether oxygens (including phenoxy) is 1. The molecular weight excluding hydrogens is 310 g/mol. The molecule has 0 fully saturated rings. The Balaban J connectivity index is 1.85. The van der Waals surface area contributed by atoms with Crippen molar-refractivity contribution in [3.05, 3.63) is 59.0 Å². The van der Waals surface area contributed by atoms with E-state index in [1.807, 2.05) is 17.5 Å². The van der Waals surface area contributed by atoms with E-state index in [1.165, 1.54) is 12.0 Å². The average molecular weight is 325 g/mol. The van der Waals surface area contributed by atoms with Crippen LogP contribution in [0.1, 0.15) is 10.4 Å². The number of anilines is 1. The highest BCUT2D eigenvalue weighted by Gasteiger charge is 2.17. The Bertz CT molecular complexity index is 801. The predicted molar refractivity (Wildman–Crippen MR) is 91.1 cm³/mol. The number of carbonyl (C=O) groups is 1. The van der Waals surface area contributed by atoms with Crippen LogP contribution < -0.4 is 9.64 Å². The smallest absolute Gasteiger partial charge is 0.258 e. The summed E-state index contributed by atoms with van der Waals surface area (Å²) in [6.45, 7) is 0. The Morgan fingerprint density at radius 2 is 1.96 bits per heavy atom. The lowest BCUT2D eigenvalue weighted by molar-refractivity contribution is 0.0992. The number of hydrogen-bond donors (Lipinski definition) is 0. The Labute approximate surface area is 138 Å². The van der Waals surface area contributed by atoms with Gasteiger partial charge in [-0.3, -0.25) is 4.79 Å². The maximum Gasteiger partial charge on any atom is 0.258 e. The SMILES string of the molecule is COc1ncccc1N(C)C(=O)c1ccc(-c2cscn2)cc1. The molecule has 0 aliphatic rings. The lowest BCUT2D eigenvalue weighted by Crippen LogP contribution is -2.26. The van der Waals surface area contributed by atoms with Gasteiger partial charge in [-0.05, 0) is 24.3 Å². The summed E-state index contributed by atoms with van der Waals surface area (Å²) < 4.78 is 5.21. The van der Waals surface area contributed by atoms with Crippen molar-refractivity contribution in [3.8, 4) is 17.1 Å². The number of aromatic nitrogens is 2. The van der Waals surface area contributed by atoms with E-state index in [9.17, 15) is 4.79 Å². The highest BCUT2D eigenvalue weighted by atomic mass is 32.1. The number of hydrogen-bond acceptors (Lipinski definition) is 5. The quantitative estimate of drug-likeness (QED) is 0.737. The van der Waals surface area contributed by atoms with E-state index in [0.717, 1.165) is 11.3 Å². The van der Waals surface area contributed by atoms with Crippen molar-refractivity contribution in [3.63, 3.8) is 0 Å². The normalized spacial score (nSPS) is 10.3. The van der Waals surface area contributed by atoms with E-state index in [0.29, 0.717) is 17.1 Å². The Hall–Kier alpha value is -2.73. The maximum atomic E-state index is 12.6. The minimum atomic E-state index is -0.124. The van der Waals surface area contributed by atoms with Crippen LogP contribution in [0.15, 0.2) is 53.5 Å². The third kappa shape index (κ3) is 3.07. The molecule has 1 aromatic carbocycles. The highest BCUT2D eigenvalue weighted by Crippen LogP contribution is 2.26. The summed E-state index contributed by atoms with van der Waals surface area (Å²) in [6.07, 6.45) is 1.63. The molecule has 0 aliphatic heterocycles. The topological polar surface area (TPSA) is 55.3 Å². The molecule has 0 spiro atoms. The van der Waals surface area contributed by atoms with Crippen LogP contribution >= 0.6 is 11.3 Å². The minimum absolute atomic E-state index is 0.124. The van der Waals surface area contributed by atoms with E-state index >= 15 is 0 Å². The second-order valence-electron chi connectivity index (χ2n) is 4.85. The molecular formula is C17H15N3O2S. The van der Waals surface area contributed by atoms with Gasteiger partial charge in [0, 0.05) is 29.8 Å². The van der Waals surface area contributed by atoms with Crippen molar-refractivity contribution in [2.24, 2.45) is 0 Å². The molecule has 3 aromatic rings. The minimum Gasteiger partial charge on any atom is -0.480 e. The number of carbonyl (C=O) groups excluding carboxylic acids is 1. The van der Waals surface area contributed by atoms with Crippen molar-refractivity contribution in [2.75, 3.05) is 19.1 Å². The zero-order valence-corrected chi connectivity index (χ0v) is 13.6. The molecule has 0 saturated heterocycles. The summed E-state index contributed by atoms with van der Waals surface area (Å²) in [4.78, 5) is 22.6. The third-order valence-electron chi connectivity index (χ3n) is 3.47. The van der Waals surface area contributed by atoms with Crippen LogP contribution in [0, 0.1) is 0 Å². The molecule has 0 aliphatic carbocycles. The molecule has 0 atom stereocenters. The van der Waals surface area contributed by atoms with E-state index in [4.69, 9.17) is 4.74 Å². The first kappa shape index (κ1) is 15.2. The summed E-state index contributed by atoms with van der Waals surface area (Å²) in [6, 6.07) is 11.0. The molecule has 0 unspecified atom stereocenters. The van der Waals surface area contributed by atoms with Gasteiger partial charge < -0.3 is 9.64 Å². The number of nitrogens with zero attached hydrogens (tertiary/aromatic N) is 3. The molecule has 116 valence electrons. The molecule has 2 aromatic heterocycles. The Morgan fingerprint density at radius 1 is 1.17 bits per heavy atom. The molecule has 0 radical (unpaired) electrons. The number of benzene rings is 1. The first-order chi connectivity index (χ1) is 11.2. The number of thiazole rings is 1. The summed E-state index contributed by atoms with van der Waals surface area (Å²) in [5, 5.41) is 1.98. The Morgan fingerprint density at radius 3 is 2.61 bits per heavy atom. The predicted octanol–water partition coefficient (Wildman–Crippen LogP) is 3.49. The van der Waals surface area contributed by atoms with Crippen LogP contribution in [-0.2, 0) is 0 Å². The maximum absolute atomic E-state index is 12.6. The van der Waals surface area contributed by atoms with Crippen molar-refractivity contribution in [1.82, 2.24) is 9.97 Å². The largest absolute Gasteiger partial charge is 0.480 e. The van der Waals surface area contributed by atoms with Crippen LogP contribution in [0.5, 0.6) is 5.88 Å². The lowest BCUT2D eigenvalue weighted by atomic mass is 10.1. The van der Waals surface area contributed by atoms with Gasteiger partial charge in [-0.25, -0.2) is 9.97 Å². The van der Waals surface area contributed by atoms with Crippen molar-refractivity contribution < 1.29 is 9.53 Å². The molecule has 23 heavy (non-hydrogen) atoms. The molecule has 0 N–H and O–H groups in total. The van der Waals surface area contributed by atoms with Crippen LogP contribution in [0.4, 0.5) is 5.69 Å². The summed E-state index contributed by atoms with van der Waals surface area (Å²) >= 11 is 1.54. The zero-order valence-electron chi connectivity index (χ0n) is 12.8. The van der Waals surface area contributed by atoms with Gasteiger partial charge in [0.25, 0.3) is 5.91 Å². The van der Waals surface area contributed by atoms with Gasteiger partial charge in [0.05, 0.1) is 18.3 Å². The zero-order chi connectivity index (χ0) is 16.2. The fraction of sp³-hybridized carbons (Fsp3) is 0.118. The van der Waals surface area contributed by atoms with E-state index in [-0.39, 0.29) is 5.91 Å². The Kier molecular flexibility index (Phi) is 4.34. The number of rotatable bonds is 4. The molecule has 2 heterocycles. The van der Waals surface area contributed by atoms with Crippen LogP contribution in [0.2, 0.25) is 0 Å². The second-order valence-corrected chi connectivity index (χ2v) is 5.57. The van der Waals surface area contributed by atoms with Crippen molar-refractivity contribution in [2.45, 2.75) is 0 Å². The third-order valence-corrected chi connectivity index (χ3v) is 4.06. The number of methoxy groups -OCH3 is 1. The van der Waals surface area contributed by atoms with Gasteiger partial charge in [-0.2, -0.15) is 0 Å². The van der Waals surface area contributed by atoms with Gasteiger partial charge in [-0.15, -0.1) is 11.3 Å². The van der Waals surface area contributed by atoms with E-state index in [2.05, 4.69) is 9.97 Å². The molecule has 6 heteroatoms. The molecule has 0 bridgehead atoms. The lowest BCUT2D eigenvalue weighted by Gasteiger charge is -2.19. The second kappa shape index (κ2) is 6.58. The summed E-state index contributed by atoms with van der Waals surface area (Å²) in [7, 11) is 3.24. The highest BCUT2D eigenvalue weighted by molar-refractivity contribution is 7.07. The van der Waals surface area contributed by atoms with Crippen LogP contribution in [0.25, 0.3) is 11.3 Å². The molecule has 1 amide bonds. The van der Waals surface area contributed by atoms with Gasteiger partial charge in [0.2, 0.25) is 5.88 Å². The summed E-state index contributed by atoms with van der Waals surface area (Å²) in [5.41, 5.74) is 4.92. The van der Waals surface area contributed by atoms with E-state index < -0.39 is 0 Å². The average Bonchev–Trinajstić information content (AvgIpc) is 3.15. The van der Waals surface area contributed by atoms with Crippen LogP contribution in [-0.4, -0.2) is 30.0 Å². The van der Waals surface area contributed by atoms with Crippen molar-refractivity contribution in [1.29, 1.82) is 0 Å². The van der Waals surface area contributed by atoms with E-state index in [1.54, 1.807) is 54.4 Å². The van der Waals surface area contributed by atoms with Crippen LogP contribution in [0.3, 0.4) is 0 Å². The fourth-order valence-electron chi connectivity index (χ4n) is 2.24. The van der Waals surface area contributed by atoms with Gasteiger partial charge in [-0.1, -0.05) is 12.1 Å². The number of pyridine rings is 1. The number of amides is 1. The standard InChI is InChI=1S/C17H15N3O2S/c1-20(15-4-3-9-18-16(15)22-2)17(21)13-7-5-12(6-8-13)14-10-23-11-19-14/h3-11H,1-2H3. The monoisotopic (exact) mass is 325 g/mol.